The zero-order chi connectivity index (χ0) is 12.8. The van der Waals surface area contributed by atoms with Crippen molar-refractivity contribution in [3.8, 4) is 0 Å². The van der Waals surface area contributed by atoms with E-state index >= 15 is 0 Å². The first-order valence-corrected chi connectivity index (χ1v) is 7.98. The number of nitrogens with one attached hydrogen (secondary N) is 2. The van der Waals surface area contributed by atoms with E-state index in [-0.39, 0.29) is 0 Å². The van der Waals surface area contributed by atoms with Crippen LogP contribution in [-0.4, -0.2) is 13.0 Å². The number of hydrogen-bond donors (Lipinski definition) is 2. The molecule has 0 unspecified atom stereocenters. The van der Waals surface area contributed by atoms with Crippen molar-refractivity contribution in [1.29, 1.82) is 0 Å². The van der Waals surface area contributed by atoms with Gasteiger partial charge in [0.2, 0.25) is 0 Å². The predicted molar refractivity (Wildman–Crippen MR) is 83.4 cm³/mol. The van der Waals surface area contributed by atoms with Gasteiger partial charge in [0.1, 0.15) is 0 Å². The van der Waals surface area contributed by atoms with E-state index in [2.05, 4.69) is 61.2 Å². The fraction of sp³-hybridized carbons (Fsp3) is 0.250. The first-order valence-electron chi connectivity index (χ1n) is 5.49. The lowest BCUT2D eigenvalue weighted by molar-refractivity contribution is 0.823. The van der Waals surface area contributed by atoms with Crippen LogP contribution >= 0.6 is 38.6 Å². The number of guanidine groups is 1. The highest BCUT2D eigenvalue weighted by Crippen LogP contribution is 2.21. The molecule has 2 aromatic heterocycles. The lowest BCUT2D eigenvalue weighted by Crippen LogP contribution is -2.35. The molecule has 0 bridgehead atoms. The minimum atomic E-state index is 0.792. The first kappa shape index (κ1) is 13.6. The molecule has 0 fully saturated rings. The van der Waals surface area contributed by atoms with E-state index < -0.39 is 0 Å². The van der Waals surface area contributed by atoms with E-state index in [1.54, 1.807) is 29.7 Å². The molecule has 0 saturated carbocycles. The van der Waals surface area contributed by atoms with Crippen molar-refractivity contribution in [1.82, 2.24) is 10.6 Å². The highest BCUT2D eigenvalue weighted by Gasteiger charge is 2.01. The monoisotopic (exact) mass is 343 g/mol. The Morgan fingerprint density at radius 2 is 2.00 bits per heavy atom. The zero-order valence-electron chi connectivity index (χ0n) is 9.94. The Balaban J connectivity index is 1.79. The molecule has 2 heterocycles. The van der Waals surface area contributed by atoms with E-state index in [1.165, 1.54) is 9.75 Å². The number of nitrogens with zero attached hydrogens (tertiary/aromatic N) is 1. The number of thiophene rings is 2. The summed E-state index contributed by atoms with van der Waals surface area (Å²) >= 11 is 6.93. The van der Waals surface area contributed by atoms with Crippen molar-refractivity contribution < 1.29 is 0 Å². The number of halogens is 1. The minimum Gasteiger partial charge on any atom is -0.352 e. The van der Waals surface area contributed by atoms with Crippen LogP contribution in [0.15, 0.2) is 38.4 Å². The van der Waals surface area contributed by atoms with Crippen LogP contribution in [-0.2, 0) is 13.1 Å². The van der Waals surface area contributed by atoms with Crippen LogP contribution in [0.5, 0.6) is 0 Å². The highest BCUT2D eigenvalue weighted by molar-refractivity contribution is 9.11. The van der Waals surface area contributed by atoms with Crippen molar-refractivity contribution >= 4 is 44.6 Å². The standard InChI is InChI=1S/C12H14BrN3S2/c1-14-12(15-7-9-3-2-6-17-9)16-8-10-4-5-11(13)18-10/h2-6H,7-8H2,1H3,(H2,14,15,16). The summed E-state index contributed by atoms with van der Waals surface area (Å²) < 4.78 is 1.15. The molecule has 0 radical (unpaired) electrons. The maximum absolute atomic E-state index is 4.20. The SMILES string of the molecule is CN=C(NCc1cccs1)NCc1ccc(Br)s1. The van der Waals surface area contributed by atoms with Gasteiger partial charge >= 0.3 is 0 Å². The van der Waals surface area contributed by atoms with Gasteiger partial charge in [-0.15, -0.1) is 22.7 Å². The summed E-state index contributed by atoms with van der Waals surface area (Å²) in [6.07, 6.45) is 0. The summed E-state index contributed by atoms with van der Waals surface area (Å²) in [4.78, 5) is 6.78. The van der Waals surface area contributed by atoms with Crippen LogP contribution in [0.1, 0.15) is 9.75 Å². The summed E-state index contributed by atoms with van der Waals surface area (Å²) in [7, 11) is 1.79. The van der Waals surface area contributed by atoms with Gasteiger partial charge in [-0.25, -0.2) is 0 Å². The fourth-order valence-corrected chi connectivity index (χ4v) is 3.49. The maximum Gasteiger partial charge on any atom is 0.191 e. The molecule has 0 aliphatic carbocycles. The molecule has 96 valence electrons. The van der Waals surface area contributed by atoms with Crippen LogP contribution in [0.4, 0.5) is 0 Å². The van der Waals surface area contributed by atoms with E-state index in [9.17, 15) is 0 Å². The van der Waals surface area contributed by atoms with Crippen LogP contribution in [0.25, 0.3) is 0 Å². The quantitative estimate of drug-likeness (QED) is 0.659. The largest absolute Gasteiger partial charge is 0.352 e. The molecular formula is C12H14BrN3S2. The third-order valence-corrected chi connectivity index (χ3v) is 4.79. The van der Waals surface area contributed by atoms with E-state index in [1.807, 2.05) is 0 Å². The van der Waals surface area contributed by atoms with Gasteiger partial charge in [-0.3, -0.25) is 4.99 Å². The molecule has 6 heteroatoms. The van der Waals surface area contributed by atoms with E-state index in [4.69, 9.17) is 0 Å². The van der Waals surface area contributed by atoms with Crippen molar-refractivity contribution in [3.05, 3.63) is 43.2 Å². The number of hydrogen-bond acceptors (Lipinski definition) is 3. The molecule has 0 saturated heterocycles. The van der Waals surface area contributed by atoms with Gasteiger partial charge in [0, 0.05) is 16.8 Å². The smallest absolute Gasteiger partial charge is 0.191 e. The van der Waals surface area contributed by atoms with Crippen molar-refractivity contribution in [2.24, 2.45) is 4.99 Å². The lowest BCUT2D eigenvalue weighted by atomic mass is 10.4. The molecule has 18 heavy (non-hydrogen) atoms. The summed E-state index contributed by atoms with van der Waals surface area (Å²) in [5.41, 5.74) is 0. The molecule has 3 nitrogen and oxygen atoms in total. The topological polar surface area (TPSA) is 36.4 Å². The van der Waals surface area contributed by atoms with Crippen LogP contribution in [0, 0.1) is 0 Å². The molecule has 0 spiro atoms. The molecule has 0 atom stereocenters. The lowest BCUT2D eigenvalue weighted by Gasteiger charge is -2.10. The number of aliphatic imine (C=N–C) groups is 1. The maximum atomic E-state index is 4.20. The van der Waals surface area contributed by atoms with Crippen molar-refractivity contribution in [2.75, 3.05) is 7.05 Å². The average molecular weight is 344 g/mol. The Morgan fingerprint density at radius 1 is 1.22 bits per heavy atom. The van der Waals surface area contributed by atoms with Crippen LogP contribution < -0.4 is 10.6 Å². The third kappa shape index (κ3) is 4.12. The molecule has 2 rings (SSSR count). The van der Waals surface area contributed by atoms with E-state index in [0.717, 1.165) is 22.8 Å². The van der Waals surface area contributed by atoms with Crippen LogP contribution in [0.3, 0.4) is 0 Å². The summed E-state index contributed by atoms with van der Waals surface area (Å²) in [5.74, 6) is 0.827. The normalized spacial score (nSPS) is 11.6. The van der Waals surface area contributed by atoms with Gasteiger partial charge in [0.15, 0.2) is 5.96 Å². The Morgan fingerprint density at radius 3 is 2.56 bits per heavy atom. The molecule has 0 aliphatic heterocycles. The summed E-state index contributed by atoms with van der Waals surface area (Å²) in [6, 6.07) is 8.33. The molecule has 0 amide bonds. The zero-order valence-corrected chi connectivity index (χ0v) is 13.2. The number of rotatable bonds is 4. The first-order chi connectivity index (χ1) is 8.78. The summed E-state index contributed by atoms with van der Waals surface area (Å²) in [5, 5.41) is 8.67. The fourth-order valence-electron chi connectivity index (χ4n) is 1.42. The Hall–Kier alpha value is -0.850. The highest BCUT2D eigenvalue weighted by atomic mass is 79.9. The van der Waals surface area contributed by atoms with Crippen LogP contribution in [0.2, 0.25) is 0 Å². The molecule has 0 aromatic carbocycles. The predicted octanol–water partition coefficient (Wildman–Crippen LogP) is 3.44. The van der Waals surface area contributed by atoms with Gasteiger partial charge < -0.3 is 10.6 Å². The molecular weight excluding hydrogens is 330 g/mol. The van der Waals surface area contributed by atoms with Gasteiger partial charge in [-0.1, -0.05) is 6.07 Å². The Labute approximate surface area is 123 Å². The van der Waals surface area contributed by atoms with Gasteiger partial charge in [-0.2, -0.15) is 0 Å². The van der Waals surface area contributed by atoms with Gasteiger partial charge in [-0.05, 0) is 39.5 Å². The average Bonchev–Trinajstić information content (AvgIpc) is 3.01. The molecule has 0 aliphatic rings. The van der Waals surface area contributed by atoms with Crippen molar-refractivity contribution in [2.45, 2.75) is 13.1 Å². The second-order valence-corrected chi connectivity index (χ2v) is 7.14. The third-order valence-electron chi connectivity index (χ3n) is 2.29. The minimum absolute atomic E-state index is 0.792. The Kier molecular flexibility index (Phi) is 5.22. The second kappa shape index (κ2) is 6.92. The molecule has 2 aromatic rings. The molecule has 2 N–H and O–H groups in total. The van der Waals surface area contributed by atoms with Crippen molar-refractivity contribution in [3.63, 3.8) is 0 Å². The van der Waals surface area contributed by atoms with Gasteiger partial charge in [0.05, 0.1) is 16.9 Å². The van der Waals surface area contributed by atoms with Gasteiger partial charge in [0.25, 0.3) is 0 Å². The summed E-state index contributed by atoms with van der Waals surface area (Å²) in [6.45, 7) is 1.60. The second-order valence-electron chi connectivity index (χ2n) is 3.56. The Bertz CT molecular complexity index is 505. The van der Waals surface area contributed by atoms with E-state index in [0.29, 0.717) is 0 Å².